The maximum Gasteiger partial charge on any atom is 0.411 e. The molecule has 3 aromatic heterocycles. The van der Waals surface area contributed by atoms with Crippen LogP contribution in [0.3, 0.4) is 0 Å². The van der Waals surface area contributed by atoms with Crippen LogP contribution >= 0.6 is 11.3 Å². The second-order valence-corrected chi connectivity index (χ2v) is 9.74. The van der Waals surface area contributed by atoms with E-state index in [9.17, 15) is 9.18 Å². The summed E-state index contributed by atoms with van der Waals surface area (Å²) in [7, 11) is 1.53. The van der Waals surface area contributed by atoms with Gasteiger partial charge in [-0.25, -0.2) is 24.1 Å². The highest BCUT2D eigenvalue weighted by atomic mass is 32.1. The molecule has 5 rings (SSSR count). The normalized spacial score (nSPS) is 11.9. The zero-order chi connectivity index (χ0) is 27.5. The number of aliphatic hydroxyl groups is 1. The number of nitrogens with zero attached hydrogens (tertiary/aromatic N) is 4. The average molecular weight is 550 g/mol. The molecule has 2 aromatic carbocycles. The second-order valence-electron chi connectivity index (χ2n) is 8.71. The topological polar surface area (TPSA) is 129 Å². The lowest BCUT2D eigenvalue weighted by atomic mass is 10.1. The summed E-state index contributed by atoms with van der Waals surface area (Å²) in [6.45, 7) is 3.25. The molecule has 0 aliphatic carbocycles. The smallest absolute Gasteiger partial charge is 0.411 e. The summed E-state index contributed by atoms with van der Waals surface area (Å²) in [5, 5.41) is 12.4. The highest BCUT2D eigenvalue weighted by Gasteiger charge is 2.17. The van der Waals surface area contributed by atoms with Gasteiger partial charge in [-0.05, 0) is 43.7 Å². The third-order valence-electron chi connectivity index (χ3n) is 5.65. The summed E-state index contributed by atoms with van der Waals surface area (Å²) in [4.78, 5) is 29.7. The van der Waals surface area contributed by atoms with Crippen LogP contribution in [0.25, 0.3) is 31.8 Å². The predicted molar refractivity (Wildman–Crippen MR) is 145 cm³/mol. The number of anilines is 1. The van der Waals surface area contributed by atoms with Crippen LogP contribution in [-0.2, 0) is 11.3 Å². The van der Waals surface area contributed by atoms with Gasteiger partial charge in [-0.3, -0.25) is 10.3 Å². The van der Waals surface area contributed by atoms with Gasteiger partial charge in [-0.2, -0.15) is 0 Å². The minimum Gasteiger partial charge on any atom is -0.484 e. The Labute approximate surface area is 226 Å². The number of benzene rings is 2. The van der Waals surface area contributed by atoms with Crippen LogP contribution in [0.5, 0.6) is 11.6 Å². The Hall–Kier alpha value is -4.42. The largest absolute Gasteiger partial charge is 0.484 e. The fourth-order valence-corrected chi connectivity index (χ4v) is 4.88. The number of amides is 1. The number of halogens is 1. The van der Waals surface area contributed by atoms with Gasteiger partial charge in [-0.1, -0.05) is 0 Å². The fourth-order valence-electron chi connectivity index (χ4n) is 3.88. The van der Waals surface area contributed by atoms with E-state index >= 15 is 0 Å². The second kappa shape index (κ2) is 11.1. The monoisotopic (exact) mass is 549 g/mol. The number of aliphatic hydroxyl groups excluding tert-OH is 1. The molecule has 200 valence electrons. The van der Waals surface area contributed by atoms with Crippen molar-refractivity contribution in [2.75, 3.05) is 19.0 Å². The maximum atomic E-state index is 14.9. The summed E-state index contributed by atoms with van der Waals surface area (Å²) in [6.07, 6.45) is 1.66. The van der Waals surface area contributed by atoms with Gasteiger partial charge in [0.2, 0.25) is 5.88 Å². The lowest BCUT2D eigenvalue weighted by molar-refractivity contribution is 0.0969. The van der Waals surface area contributed by atoms with Gasteiger partial charge in [0.25, 0.3) is 0 Å². The number of rotatable bonds is 8. The molecule has 12 heteroatoms. The van der Waals surface area contributed by atoms with Crippen molar-refractivity contribution in [2.45, 2.75) is 26.6 Å². The standard InChI is InChI=1S/C27H24FN5O5S/c1-14-6-18(25-21(7-14)32-24(36-3)11-30-25)26-33-20-9-19(28)22(10-23(20)39-26)38-15(2)13-37-27(35)31-16-4-5-29-17(8-16)12-34/h4-11,15,34H,12-13H2,1-3H3,(H,29,31,35). The summed E-state index contributed by atoms with van der Waals surface area (Å²) in [5.74, 6) is -0.145. The third-order valence-corrected chi connectivity index (χ3v) is 6.70. The van der Waals surface area contributed by atoms with Gasteiger partial charge >= 0.3 is 6.09 Å². The molecule has 5 aromatic rings. The molecule has 10 nitrogen and oxygen atoms in total. The van der Waals surface area contributed by atoms with E-state index in [1.54, 1.807) is 25.3 Å². The van der Waals surface area contributed by atoms with E-state index in [1.165, 1.54) is 36.8 Å². The first-order valence-corrected chi connectivity index (χ1v) is 12.7. The zero-order valence-corrected chi connectivity index (χ0v) is 22.1. The van der Waals surface area contributed by atoms with Crippen molar-refractivity contribution in [3.63, 3.8) is 0 Å². The van der Waals surface area contributed by atoms with Crippen LogP contribution in [0, 0.1) is 12.7 Å². The summed E-state index contributed by atoms with van der Waals surface area (Å²) in [5.41, 5.74) is 4.43. The molecule has 0 saturated carbocycles. The van der Waals surface area contributed by atoms with E-state index in [1.807, 2.05) is 19.1 Å². The van der Waals surface area contributed by atoms with Crippen LogP contribution in [-0.4, -0.2) is 51.0 Å². The molecule has 1 amide bonds. The Morgan fingerprint density at radius 2 is 2.00 bits per heavy atom. The molecule has 0 saturated heterocycles. The van der Waals surface area contributed by atoms with Crippen molar-refractivity contribution in [3.05, 3.63) is 65.9 Å². The molecule has 0 aliphatic rings. The maximum absolute atomic E-state index is 14.9. The van der Waals surface area contributed by atoms with Gasteiger partial charge in [0.15, 0.2) is 11.6 Å². The molecule has 39 heavy (non-hydrogen) atoms. The molecule has 0 fully saturated rings. The predicted octanol–water partition coefficient (Wildman–Crippen LogP) is 5.27. The number of hydrogen-bond acceptors (Lipinski definition) is 10. The number of thiazole rings is 1. The first-order valence-electron chi connectivity index (χ1n) is 11.9. The zero-order valence-electron chi connectivity index (χ0n) is 21.3. The van der Waals surface area contributed by atoms with Crippen molar-refractivity contribution in [2.24, 2.45) is 0 Å². The van der Waals surface area contributed by atoms with E-state index in [2.05, 4.69) is 25.3 Å². The van der Waals surface area contributed by atoms with Gasteiger partial charge in [0.1, 0.15) is 17.7 Å². The van der Waals surface area contributed by atoms with Crippen LogP contribution in [0.4, 0.5) is 14.9 Å². The molecule has 3 heterocycles. The first-order chi connectivity index (χ1) is 18.8. The van der Waals surface area contributed by atoms with Crippen molar-refractivity contribution in [1.82, 2.24) is 19.9 Å². The number of carbonyl (C=O) groups excluding carboxylic acids is 1. The van der Waals surface area contributed by atoms with Gasteiger partial charge in [-0.15, -0.1) is 11.3 Å². The number of fused-ring (bicyclic) bond motifs is 2. The van der Waals surface area contributed by atoms with Gasteiger partial charge in [0.05, 0.1) is 46.9 Å². The molecule has 0 spiro atoms. The number of nitrogens with one attached hydrogen (secondary N) is 1. The van der Waals surface area contributed by atoms with Crippen LogP contribution < -0.4 is 14.8 Å². The number of pyridine rings is 1. The van der Waals surface area contributed by atoms with Crippen LogP contribution in [0.15, 0.2) is 48.8 Å². The SMILES string of the molecule is COc1cnc2c(-c3nc4cc(F)c(OC(C)COC(=O)Nc5ccnc(CO)c5)cc4s3)cc(C)cc2n1. The van der Waals surface area contributed by atoms with E-state index in [-0.39, 0.29) is 19.0 Å². The molecule has 1 unspecified atom stereocenters. The molecule has 0 aliphatic heterocycles. The molecule has 0 radical (unpaired) electrons. The van der Waals surface area contributed by atoms with Crippen molar-refractivity contribution < 1.29 is 28.5 Å². The highest BCUT2D eigenvalue weighted by molar-refractivity contribution is 7.21. The number of aromatic nitrogens is 4. The molecular weight excluding hydrogens is 525 g/mol. The molecule has 2 N–H and O–H groups in total. The third kappa shape index (κ3) is 5.86. The lowest BCUT2D eigenvalue weighted by Gasteiger charge is -2.15. The number of carbonyl (C=O) groups is 1. The lowest BCUT2D eigenvalue weighted by Crippen LogP contribution is -2.24. The number of aryl methyl sites for hydroxylation is 1. The highest BCUT2D eigenvalue weighted by Crippen LogP contribution is 2.37. The van der Waals surface area contributed by atoms with Crippen LogP contribution in [0.1, 0.15) is 18.2 Å². The number of hydrogen-bond donors (Lipinski definition) is 2. The quantitative estimate of drug-likeness (QED) is 0.266. The first kappa shape index (κ1) is 26.2. The Balaban J connectivity index is 1.31. The minimum absolute atomic E-state index is 0.0227. The van der Waals surface area contributed by atoms with Gasteiger partial charge < -0.3 is 19.3 Å². The van der Waals surface area contributed by atoms with Crippen LogP contribution in [0.2, 0.25) is 0 Å². The Kier molecular flexibility index (Phi) is 7.48. The molecule has 0 bridgehead atoms. The minimum atomic E-state index is -0.713. The Morgan fingerprint density at radius 3 is 2.79 bits per heavy atom. The Bertz CT molecular complexity index is 1680. The van der Waals surface area contributed by atoms with Crippen molar-refractivity contribution in [1.29, 1.82) is 0 Å². The van der Waals surface area contributed by atoms with E-state index in [0.29, 0.717) is 38.8 Å². The summed E-state index contributed by atoms with van der Waals surface area (Å²) >= 11 is 1.38. The summed E-state index contributed by atoms with van der Waals surface area (Å²) < 4.78 is 31.8. The average Bonchev–Trinajstić information content (AvgIpc) is 3.33. The van der Waals surface area contributed by atoms with Gasteiger partial charge in [0, 0.05) is 29.6 Å². The van der Waals surface area contributed by atoms with E-state index < -0.39 is 18.0 Å². The van der Waals surface area contributed by atoms with E-state index in [4.69, 9.17) is 19.3 Å². The Morgan fingerprint density at radius 1 is 1.15 bits per heavy atom. The fraction of sp³-hybridized carbons (Fsp3) is 0.222. The number of ether oxygens (including phenoxy) is 3. The van der Waals surface area contributed by atoms with Crippen molar-refractivity contribution in [3.8, 4) is 22.2 Å². The van der Waals surface area contributed by atoms with Crippen molar-refractivity contribution >= 4 is 44.4 Å². The summed E-state index contributed by atoms with van der Waals surface area (Å²) in [6, 6.07) is 9.88. The molecular formula is C27H24FN5O5S. The van der Waals surface area contributed by atoms with E-state index in [0.717, 1.165) is 15.8 Å². The number of methoxy groups -OCH3 is 1. The molecule has 1 atom stereocenters.